The van der Waals surface area contributed by atoms with Crippen LogP contribution in [-0.2, 0) is 16.1 Å². The summed E-state index contributed by atoms with van der Waals surface area (Å²) in [6, 6.07) is 9.34. The van der Waals surface area contributed by atoms with E-state index in [1.165, 1.54) is 6.20 Å². The first-order valence-corrected chi connectivity index (χ1v) is 8.03. The maximum atomic E-state index is 11.9. The van der Waals surface area contributed by atoms with Gasteiger partial charge in [0.25, 0.3) is 5.91 Å². The Labute approximate surface area is 147 Å². The number of carboxylic acids is 1. The van der Waals surface area contributed by atoms with Crippen molar-refractivity contribution in [2.24, 2.45) is 0 Å². The van der Waals surface area contributed by atoms with E-state index in [1.54, 1.807) is 7.11 Å². The molecule has 3 N–H and O–H groups in total. The van der Waals surface area contributed by atoms with Gasteiger partial charge in [0.05, 0.1) is 7.11 Å². The molecule has 0 spiro atoms. The molecule has 0 aromatic heterocycles. The molecular formula is C18H23N3O4. The number of carbonyl (C=O) groups is 2. The summed E-state index contributed by atoms with van der Waals surface area (Å²) in [6.07, 6.45) is 3.49. The minimum Gasteiger partial charge on any atom is -0.497 e. The first-order valence-electron chi connectivity index (χ1n) is 8.03. The number of hydrogen-bond acceptors (Lipinski definition) is 5. The Bertz CT molecular complexity index is 650. The standard InChI is InChI=1S/C18H23N3O4/c1-25-16-7-5-6-14(10-16)12-20-13-15(11-19)18(24)21-9-4-2-3-8-17(22)23/h5-7,10,13,20H,2-4,8-9,12H2,1H3,(H,21,24)(H,22,23)/b15-13-. The molecule has 0 aliphatic heterocycles. The fraction of sp³-hybridized carbons (Fsp3) is 0.389. The number of amides is 1. The molecule has 25 heavy (non-hydrogen) atoms. The molecule has 0 bridgehead atoms. The third kappa shape index (κ3) is 8.42. The molecule has 0 aliphatic carbocycles. The molecule has 0 unspecified atom stereocenters. The highest BCUT2D eigenvalue weighted by Gasteiger charge is 2.07. The Kier molecular flexibility index (Phi) is 9.23. The van der Waals surface area contributed by atoms with Crippen molar-refractivity contribution in [3.05, 3.63) is 41.6 Å². The van der Waals surface area contributed by atoms with E-state index >= 15 is 0 Å². The number of nitrogens with zero attached hydrogens (tertiary/aromatic N) is 1. The van der Waals surface area contributed by atoms with Gasteiger partial charge in [-0.1, -0.05) is 18.6 Å². The van der Waals surface area contributed by atoms with Crippen LogP contribution in [-0.4, -0.2) is 30.6 Å². The van der Waals surface area contributed by atoms with Gasteiger partial charge in [-0.25, -0.2) is 0 Å². The van der Waals surface area contributed by atoms with Crippen LogP contribution in [0.2, 0.25) is 0 Å². The zero-order valence-electron chi connectivity index (χ0n) is 14.2. The third-order valence-electron chi connectivity index (χ3n) is 3.40. The highest BCUT2D eigenvalue weighted by Crippen LogP contribution is 2.12. The van der Waals surface area contributed by atoms with E-state index in [1.807, 2.05) is 30.3 Å². The number of rotatable bonds is 11. The zero-order chi connectivity index (χ0) is 18.5. The van der Waals surface area contributed by atoms with Gasteiger partial charge < -0.3 is 20.5 Å². The molecule has 0 saturated heterocycles. The number of carboxylic acid groups (broad SMARTS) is 1. The molecule has 0 heterocycles. The van der Waals surface area contributed by atoms with E-state index in [-0.39, 0.29) is 12.0 Å². The number of hydrogen-bond donors (Lipinski definition) is 3. The Morgan fingerprint density at radius 2 is 2.12 bits per heavy atom. The van der Waals surface area contributed by atoms with E-state index < -0.39 is 11.9 Å². The molecule has 0 saturated carbocycles. The molecule has 7 nitrogen and oxygen atoms in total. The predicted molar refractivity (Wildman–Crippen MR) is 92.6 cm³/mol. The lowest BCUT2D eigenvalue weighted by atomic mass is 10.2. The monoisotopic (exact) mass is 345 g/mol. The van der Waals surface area contributed by atoms with Gasteiger partial charge >= 0.3 is 5.97 Å². The van der Waals surface area contributed by atoms with E-state index in [0.717, 1.165) is 11.3 Å². The van der Waals surface area contributed by atoms with Crippen molar-refractivity contribution < 1.29 is 19.4 Å². The number of aliphatic carboxylic acids is 1. The molecule has 1 aromatic carbocycles. The van der Waals surface area contributed by atoms with Crippen LogP contribution < -0.4 is 15.4 Å². The normalized spacial score (nSPS) is 10.6. The number of carbonyl (C=O) groups excluding carboxylic acids is 1. The number of nitrogens with one attached hydrogen (secondary N) is 2. The van der Waals surface area contributed by atoms with Crippen molar-refractivity contribution in [2.75, 3.05) is 13.7 Å². The Balaban J connectivity index is 2.35. The predicted octanol–water partition coefficient (Wildman–Crippen LogP) is 1.95. The molecule has 0 radical (unpaired) electrons. The minimum atomic E-state index is -0.819. The van der Waals surface area contributed by atoms with Gasteiger partial charge in [0, 0.05) is 25.7 Å². The summed E-state index contributed by atoms with van der Waals surface area (Å²) >= 11 is 0. The second kappa shape index (κ2) is 11.5. The number of benzene rings is 1. The van der Waals surface area contributed by atoms with Gasteiger partial charge in [0.1, 0.15) is 17.4 Å². The number of nitriles is 1. The van der Waals surface area contributed by atoms with Gasteiger partial charge in [0.2, 0.25) is 0 Å². The number of methoxy groups -OCH3 is 1. The average Bonchev–Trinajstić information content (AvgIpc) is 2.61. The van der Waals surface area contributed by atoms with Gasteiger partial charge in [-0.15, -0.1) is 0 Å². The smallest absolute Gasteiger partial charge is 0.303 e. The maximum absolute atomic E-state index is 11.9. The number of unbranched alkanes of at least 4 members (excludes halogenated alkanes) is 2. The molecule has 134 valence electrons. The summed E-state index contributed by atoms with van der Waals surface area (Å²) in [5.41, 5.74) is 0.958. The topological polar surface area (TPSA) is 111 Å². The van der Waals surface area contributed by atoms with E-state index in [2.05, 4.69) is 10.6 Å². The van der Waals surface area contributed by atoms with Crippen molar-refractivity contribution >= 4 is 11.9 Å². The van der Waals surface area contributed by atoms with Crippen LogP contribution >= 0.6 is 0 Å². The van der Waals surface area contributed by atoms with E-state index in [4.69, 9.17) is 15.1 Å². The Morgan fingerprint density at radius 1 is 1.32 bits per heavy atom. The first-order chi connectivity index (χ1) is 12.1. The highest BCUT2D eigenvalue weighted by atomic mass is 16.5. The largest absolute Gasteiger partial charge is 0.497 e. The van der Waals surface area contributed by atoms with Gasteiger partial charge in [-0.3, -0.25) is 9.59 Å². The summed E-state index contributed by atoms with van der Waals surface area (Å²) in [5.74, 6) is -0.524. The SMILES string of the molecule is COc1cccc(CN/C=C(/C#N)C(=O)NCCCCCC(=O)O)c1. The highest BCUT2D eigenvalue weighted by molar-refractivity contribution is 5.97. The fourth-order valence-electron chi connectivity index (χ4n) is 2.08. The molecule has 0 aliphatic rings. The van der Waals surface area contributed by atoms with Crippen LogP contribution in [0.4, 0.5) is 0 Å². The van der Waals surface area contributed by atoms with Crippen LogP contribution in [0.5, 0.6) is 5.75 Å². The van der Waals surface area contributed by atoms with Gasteiger partial charge in [-0.05, 0) is 30.5 Å². The van der Waals surface area contributed by atoms with Crippen LogP contribution in [0.1, 0.15) is 31.2 Å². The molecule has 7 heteroatoms. The van der Waals surface area contributed by atoms with Crippen molar-refractivity contribution in [2.45, 2.75) is 32.2 Å². The number of ether oxygens (including phenoxy) is 1. The van der Waals surface area contributed by atoms with Gasteiger partial charge in [0.15, 0.2) is 0 Å². The van der Waals surface area contributed by atoms with Crippen LogP contribution in [0.15, 0.2) is 36.0 Å². The fourth-order valence-corrected chi connectivity index (χ4v) is 2.08. The minimum absolute atomic E-state index is 0.00608. The Morgan fingerprint density at radius 3 is 2.80 bits per heavy atom. The van der Waals surface area contributed by atoms with E-state index in [9.17, 15) is 9.59 Å². The second-order valence-electron chi connectivity index (χ2n) is 5.36. The average molecular weight is 345 g/mol. The molecule has 1 amide bonds. The van der Waals surface area contributed by atoms with Crippen molar-refractivity contribution in [3.63, 3.8) is 0 Å². The molecule has 0 fully saturated rings. The maximum Gasteiger partial charge on any atom is 0.303 e. The van der Waals surface area contributed by atoms with Crippen molar-refractivity contribution in [3.8, 4) is 11.8 Å². The first kappa shape index (κ1) is 20.0. The summed E-state index contributed by atoms with van der Waals surface area (Å²) in [6.45, 7) is 0.873. The van der Waals surface area contributed by atoms with Crippen molar-refractivity contribution in [1.29, 1.82) is 5.26 Å². The van der Waals surface area contributed by atoms with Crippen molar-refractivity contribution in [1.82, 2.24) is 10.6 Å². The van der Waals surface area contributed by atoms with Crippen LogP contribution in [0, 0.1) is 11.3 Å². The summed E-state index contributed by atoms with van der Waals surface area (Å²) < 4.78 is 5.13. The quantitative estimate of drug-likeness (QED) is 0.321. The summed E-state index contributed by atoms with van der Waals surface area (Å²) in [7, 11) is 1.59. The lowest BCUT2D eigenvalue weighted by molar-refractivity contribution is -0.137. The molecule has 1 rings (SSSR count). The van der Waals surface area contributed by atoms with Gasteiger partial charge in [-0.2, -0.15) is 5.26 Å². The third-order valence-corrected chi connectivity index (χ3v) is 3.40. The molecule has 1 aromatic rings. The molecular weight excluding hydrogens is 322 g/mol. The van der Waals surface area contributed by atoms with Crippen LogP contribution in [0.3, 0.4) is 0 Å². The summed E-state index contributed by atoms with van der Waals surface area (Å²) in [5, 5.41) is 23.2. The molecule has 0 atom stereocenters. The van der Waals surface area contributed by atoms with E-state index in [0.29, 0.717) is 32.4 Å². The lowest BCUT2D eigenvalue weighted by Crippen LogP contribution is -2.26. The second-order valence-corrected chi connectivity index (χ2v) is 5.36. The lowest BCUT2D eigenvalue weighted by Gasteiger charge is -2.06. The van der Waals surface area contributed by atoms with Crippen LogP contribution in [0.25, 0.3) is 0 Å². The zero-order valence-corrected chi connectivity index (χ0v) is 14.2. The Hall–Kier alpha value is -3.01. The summed E-state index contributed by atoms with van der Waals surface area (Å²) in [4.78, 5) is 22.3.